The molecular weight excluding hydrogens is 188 g/mol. The molecule has 0 aliphatic rings. The van der Waals surface area contributed by atoms with E-state index in [-0.39, 0.29) is 5.97 Å². The fourth-order valence-electron chi connectivity index (χ4n) is 1.54. The van der Waals surface area contributed by atoms with Crippen molar-refractivity contribution in [1.82, 2.24) is 0 Å². The second-order valence-electron chi connectivity index (χ2n) is 3.62. The minimum absolute atomic E-state index is 0.214. The fourth-order valence-corrected chi connectivity index (χ4v) is 1.54. The number of rotatable bonds is 4. The van der Waals surface area contributed by atoms with Crippen molar-refractivity contribution in [3.8, 4) is 0 Å². The topological polar surface area (TPSA) is 26.3 Å². The minimum Gasteiger partial charge on any atom is -0.462 e. The summed E-state index contributed by atoms with van der Waals surface area (Å²) in [4.78, 5) is 11.7. The van der Waals surface area contributed by atoms with Gasteiger partial charge in [0.2, 0.25) is 0 Å². The summed E-state index contributed by atoms with van der Waals surface area (Å²) in [5, 5.41) is 0. The molecule has 2 nitrogen and oxygen atoms in total. The summed E-state index contributed by atoms with van der Waals surface area (Å²) in [6, 6.07) is 7.67. The second kappa shape index (κ2) is 5.54. The first kappa shape index (κ1) is 11.8. The summed E-state index contributed by atoms with van der Waals surface area (Å²) in [6.07, 6.45) is 1.02. The van der Waals surface area contributed by atoms with Crippen molar-refractivity contribution < 1.29 is 9.53 Å². The van der Waals surface area contributed by atoms with Crippen LogP contribution < -0.4 is 0 Å². The molecule has 82 valence electrons. The van der Waals surface area contributed by atoms with Crippen LogP contribution in [0.4, 0.5) is 0 Å². The lowest BCUT2D eigenvalue weighted by molar-refractivity contribution is 0.0524. The third-order valence-electron chi connectivity index (χ3n) is 2.60. The van der Waals surface area contributed by atoms with E-state index < -0.39 is 0 Å². The summed E-state index contributed by atoms with van der Waals surface area (Å²) in [5.74, 6) is 0.180. The van der Waals surface area contributed by atoms with Crippen molar-refractivity contribution in [1.29, 1.82) is 0 Å². The molecule has 0 heterocycles. The molecule has 0 aromatic heterocycles. The van der Waals surface area contributed by atoms with Crippen molar-refractivity contribution in [2.75, 3.05) is 6.61 Å². The Morgan fingerprint density at radius 1 is 1.33 bits per heavy atom. The van der Waals surface area contributed by atoms with Crippen LogP contribution in [0.5, 0.6) is 0 Å². The lowest BCUT2D eigenvalue weighted by atomic mass is 9.94. The average Bonchev–Trinajstić information content (AvgIpc) is 2.28. The third kappa shape index (κ3) is 2.82. The molecule has 1 aromatic carbocycles. The summed E-state index contributed by atoms with van der Waals surface area (Å²) in [6.45, 7) is 6.49. The molecule has 0 saturated carbocycles. The first-order valence-electron chi connectivity index (χ1n) is 5.46. The second-order valence-corrected chi connectivity index (χ2v) is 3.62. The van der Waals surface area contributed by atoms with Crippen LogP contribution in [-0.2, 0) is 4.74 Å². The SMILES string of the molecule is CCOC(=O)c1ccccc1C(C)CC. The highest BCUT2D eigenvalue weighted by molar-refractivity contribution is 5.91. The van der Waals surface area contributed by atoms with E-state index in [1.807, 2.05) is 31.2 Å². The van der Waals surface area contributed by atoms with Crippen LogP contribution in [0.15, 0.2) is 24.3 Å². The van der Waals surface area contributed by atoms with Crippen molar-refractivity contribution in [2.24, 2.45) is 0 Å². The van der Waals surface area contributed by atoms with Gasteiger partial charge in [0.1, 0.15) is 0 Å². The van der Waals surface area contributed by atoms with Gasteiger partial charge in [-0.25, -0.2) is 4.79 Å². The highest BCUT2D eigenvalue weighted by Crippen LogP contribution is 2.23. The molecule has 2 heteroatoms. The van der Waals surface area contributed by atoms with Crippen LogP contribution in [0.1, 0.15) is 49.0 Å². The number of carbonyl (C=O) groups excluding carboxylic acids is 1. The molecule has 0 bridgehead atoms. The van der Waals surface area contributed by atoms with E-state index >= 15 is 0 Å². The number of ether oxygens (including phenoxy) is 1. The molecule has 1 rings (SSSR count). The highest BCUT2D eigenvalue weighted by atomic mass is 16.5. The normalized spacial score (nSPS) is 12.2. The molecule has 0 saturated heterocycles. The Labute approximate surface area is 91.3 Å². The zero-order valence-electron chi connectivity index (χ0n) is 9.62. The van der Waals surface area contributed by atoms with Gasteiger partial charge in [0, 0.05) is 0 Å². The van der Waals surface area contributed by atoms with Crippen LogP contribution in [-0.4, -0.2) is 12.6 Å². The minimum atomic E-state index is -0.214. The van der Waals surface area contributed by atoms with E-state index in [4.69, 9.17) is 4.74 Å². The van der Waals surface area contributed by atoms with Gasteiger partial charge in [-0.2, -0.15) is 0 Å². The van der Waals surface area contributed by atoms with E-state index in [9.17, 15) is 4.79 Å². The molecule has 0 aliphatic heterocycles. The van der Waals surface area contributed by atoms with Crippen molar-refractivity contribution in [3.05, 3.63) is 35.4 Å². The van der Waals surface area contributed by atoms with Gasteiger partial charge < -0.3 is 4.74 Å². The maximum absolute atomic E-state index is 11.7. The number of esters is 1. The largest absolute Gasteiger partial charge is 0.462 e. The zero-order valence-corrected chi connectivity index (χ0v) is 9.62. The Balaban J connectivity index is 3.00. The maximum atomic E-state index is 11.7. The fraction of sp³-hybridized carbons (Fsp3) is 0.462. The van der Waals surface area contributed by atoms with Gasteiger partial charge in [-0.05, 0) is 30.9 Å². The molecule has 1 atom stereocenters. The predicted molar refractivity (Wildman–Crippen MR) is 61.1 cm³/mol. The number of benzene rings is 1. The first-order valence-corrected chi connectivity index (χ1v) is 5.46. The van der Waals surface area contributed by atoms with Gasteiger partial charge in [-0.15, -0.1) is 0 Å². The first-order chi connectivity index (χ1) is 7.20. The molecule has 0 fully saturated rings. The Hall–Kier alpha value is -1.31. The van der Waals surface area contributed by atoms with Gasteiger partial charge in [0.25, 0.3) is 0 Å². The van der Waals surface area contributed by atoms with Crippen LogP contribution in [0.2, 0.25) is 0 Å². The van der Waals surface area contributed by atoms with Gasteiger partial charge in [-0.3, -0.25) is 0 Å². The van der Waals surface area contributed by atoms with E-state index in [0.717, 1.165) is 12.0 Å². The lowest BCUT2D eigenvalue weighted by Crippen LogP contribution is -2.09. The highest BCUT2D eigenvalue weighted by Gasteiger charge is 2.14. The van der Waals surface area contributed by atoms with Crippen LogP contribution >= 0.6 is 0 Å². The summed E-state index contributed by atoms with van der Waals surface area (Å²) in [5.41, 5.74) is 1.78. The molecule has 0 N–H and O–H groups in total. The number of carbonyl (C=O) groups is 1. The lowest BCUT2D eigenvalue weighted by Gasteiger charge is -2.13. The van der Waals surface area contributed by atoms with E-state index in [1.165, 1.54) is 0 Å². The van der Waals surface area contributed by atoms with Crippen LogP contribution in [0, 0.1) is 0 Å². The quantitative estimate of drug-likeness (QED) is 0.706. The number of hydrogen-bond acceptors (Lipinski definition) is 2. The van der Waals surface area contributed by atoms with Gasteiger partial charge in [0.05, 0.1) is 12.2 Å². The molecule has 0 aliphatic carbocycles. The smallest absolute Gasteiger partial charge is 0.338 e. The average molecular weight is 206 g/mol. The maximum Gasteiger partial charge on any atom is 0.338 e. The van der Waals surface area contributed by atoms with Crippen LogP contribution in [0.25, 0.3) is 0 Å². The Morgan fingerprint density at radius 2 is 2.00 bits per heavy atom. The Bertz CT molecular complexity index is 331. The monoisotopic (exact) mass is 206 g/mol. The predicted octanol–water partition coefficient (Wildman–Crippen LogP) is 3.38. The Kier molecular flexibility index (Phi) is 4.35. The zero-order chi connectivity index (χ0) is 11.3. The molecule has 0 amide bonds. The van der Waals surface area contributed by atoms with E-state index in [1.54, 1.807) is 0 Å². The van der Waals surface area contributed by atoms with Crippen LogP contribution in [0.3, 0.4) is 0 Å². The van der Waals surface area contributed by atoms with Crippen molar-refractivity contribution >= 4 is 5.97 Å². The molecule has 1 aromatic rings. The molecule has 0 spiro atoms. The van der Waals surface area contributed by atoms with Crippen molar-refractivity contribution in [3.63, 3.8) is 0 Å². The van der Waals surface area contributed by atoms with E-state index in [0.29, 0.717) is 18.1 Å². The molecule has 1 unspecified atom stereocenters. The summed E-state index contributed by atoms with van der Waals surface area (Å²) in [7, 11) is 0. The van der Waals surface area contributed by atoms with Gasteiger partial charge >= 0.3 is 5.97 Å². The molecule has 0 radical (unpaired) electrons. The molecular formula is C13H18O2. The summed E-state index contributed by atoms with van der Waals surface area (Å²) >= 11 is 0. The molecule has 15 heavy (non-hydrogen) atoms. The number of hydrogen-bond donors (Lipinski definition) is 0. The standard InChI is InChI=1S/C13H18O2/c1-4-10(3)11-8-6-7-9-12(11)13(14)15-5-2/h6-10H,4-5H2,1-3H3. The summed E-state index contributed by atoms with van der Waals surface area (Å²) < 4.78 is 5.02. The Morgan fingerprint density at radius 3 is 2.60 bits per heavy atom. The van der Waals surface area contributed by atoms with E-state index in [2.05, 4.69) is 13.8 Å². The van der Waals surface area contributed by atoms with Gasteiger partial charge in [-0.1, -0.05) is 32.0 Å². The van der Waals surface area contributed by atoms with Crippen molar-refractivity contribution in [2.45, 2.75) is 33.1 Å². The third-order valence-corrected chi connectivity index (χ3v) is 2.60. The van der Waals surface area contributed by atoms with Gasteiger partial charge in [0.15, 0.2) is 0 Å².